The highest BCUT2D eigenvalue weighted by Gasteiger charge is 2.45. The molecule has 0 unspecified atom stereocenters. The average Bonchev–Trinajstić information content (AvgIpc) is 3.28. The third-order valence-corrected chi connectivity index (χ3v) is 5.71. The summed E-state index contributed by atoms with van der Waals surface area (Å²) in [6, 6.07) is 2.44. The lowest BCUT2D eigenvalue weighted by Gasteiger charge is -2.31. The fourth-order valence-electron chi connectivity index (χ4n) is 4.18. The highest BCUT2D eigenvalue weighted by atomic mass is 16.6. The molecule has 1 fully saturated rings. The van der Waals surface area contributed by atoms with Crippen LogP contribution in [0.1, 0.15) is 50.4 Å². The second-order valence-corrected chi connectivity index (χ2v) is 9.51. The number of nitrogens with one attached hydrogen (secondary N) is 1. The number of alkyl carbamates (subject to hydrolysis) is 1. The minimum Gasteiger partial charge on any atom is -0.493 e. The van der Waals surface area contributed by atoms with Gasteiger partial charge in [-0.05, 0) is 46.1 Å². The number of hydrogen-bond donors (Lipinski definition) is 2. The predicted octanol–water partition coefficient (Wildman–Crippen LogP) is 3.05. The summed E-state index contributed by atoms with van der Waals surface area (Å²) >= 11 is 0. The second kappa shape index (κ2) is 11.5. The van der Waals surface area contributed by atoms with Crippen molar-refractivity contribution in [2.24, 2.45) is 0 Å². The number of aliphatic hydroxyl groups is 1. The predicted molar refractivity (Wildman–Crippen MR) is 131 cm³/mol. The topological polar surface area (TPSA) is 127 Å². The van der Waals surface area contributed by atoms with Gasteiger partial charge >= 0.3 is 12.2 Å². The van der Waals surface area contributed by atoms with Crippen molar-refractivity contribution in [3.05, 3.63) is 30.4 Å². The molecule has 2 aliphatic heterocycles. The lowest BCUT2D eigenvalue weighted by molar-refractivity contribution is 0.0496. The number of ether oxygens (including phenoxy) is 4. The van der Waals surface area contributed by atoms with E-state index in [1.54, 1.807) is 25.7 Å². The minimum absolute atomic E-state index is 0.0517. The van der Waals surface area contributed by atoms with E-state index < -0.39 is 30.1 Å². The Hall–Kier alpha value is -3.47. The van der Waals surface area contributed by atoms with Crippen LogP contribution in [0, 0.1) is 0 Å². The van der Waals surface area contributed by atoms with Crippen molar-refractivity contribution >= 4 is 23.8 Å². The van der Waals surface area contributed by atoms with Gasteiger partial charge in [0.25, 0.3) is 5.91 Å². The number of amides is 3. The fraction of sp³-hybridized carbons (Fsp3) is 0.560. The van der Waals surface area contributed by atoms with Gasteiger partial charge in [0.1, 0.15) is 12.2 Å². The van der Waals surface area contributed by atoms with Crippen LogP contribution in [-0.4, -0.2) is 79.4 Å². The third kappa shape index (κ3) is 6.20. The molecule has 0 radical (unpaired) electrons. The van der Waals surface area contributed by atoms with Crippen LogP contribution in [0.5, 0.6) is 11.5 Å². The number of anilines is 1. The number of fused-ring (bicyclic) bond motifs is 2. The molecule has 1 aromatic rings. The normalized spacial score (nSPS) is 19.1. The van der Waals surface area contributed by atoms with Gasteiger partial charge in [0.05, 0.1) is 31.0 Å². The summed E-state index contributed by atoms with van der Waals surface area (Å²) in [6.07, 6.45) is 0.529. The van der Waals surface area contributed by atoms with E-state index in [0.717, 1.165) is 4.90 Å². The van der Waals surface area contributed by atoms with Gasteiger partial charge in [0.2, 0.25) is 0 Å². The largest absolute Gasteiger partial charge is 0.493 e. The molecule has 2 atom stereocenters. The summed E-state index contributed by atoms with van der Waals surface area (Å²) in [4.78, 5) is 40.8. The summed E-state index contributed by atoms with van der Waals surface area (Å²) in [5.41, 5.74) is -0.227. The van der Waals surface area contributed by atoms with Gasteiger partial charge in [0.15, 0.2) is 17.7 Å². The second-order valence-electron chi connectivity index (χ2n) is 9.51. The van der Waals surface area contributed by atoms with Gasteiger partial charge in [-0.25, -0.2) is 14.5 Å². The Morgan fingerprint density at radius 1 is 1.28 bits per heavy atom. The molecule has 0 aliphatic carbocycles. The number of rotatable bonds is 8. The quantitative estimate of drug-likeness (QED) is 0.408. The highest BCUT2D eigenvalue weighted by molar-refractivity contribution is 6.06. The van der Waals surface area contributed by atoms with Crippen LogP contribution in [0.4, 0.5) is 15.3 Å². The van der Waals surface area contributed by atoms with E-state index in [1.165, 1.54) is 25.3 Å². The van der Waals surface area contributed by atoms with Crippen LogP contribution in [-0.2, 0) is 9.47 Å². The van der Waals surface area contributed by atoms with Crippen molar-refractivity contribution in [1.82, 2.24) is 10.2 Å². The number of benzene rings is 1. The zero-order chi connectivity index (χ0) is 26.5. The maximum atomic E-state index is 13.4. The number of aliphatic hydroxyl groups excluding tert-OH is 1. The maximum Gasteiger partial charge on any atom is 0.416 e. The first-order valence-corrected chi connectivity index (χ1v) is 11.9. The molecule has 2 heterocycles. The molecule has 3 amide bonds. The van der Waals surface area contributed by atoms with E-state index >= 15 is 0 Å². The number of carbonyl (C=O) groups is 3. The van der Waals surface area contributed by atoms with Crippen molar-refractivity contribution in [3.63, 3.8) is 0 Å². The Labute approximate surface area is 210 Å². The van der Waals surface area contributed by atoms with Gasteiger partial charge in [0, 0.05) is 19.2 Å². The Bertz CT molecular complexity index is 990. The molecule has 198 valence electrons. The standard InChI is InChI=1S/C25H35N3O8/c1-6-12-35-24(32)28-18-15-20(34-13-8-10-26-23(31)36-25(2,3)4)19(33-5)14-16(18)21(29)27-11-7-9-17(27)22(28)30/h6,14-15,17,22,30H,1,7-13H2,2-5H3,(H,26,31)/t17-,22-/m0/s1. The third-order valence-electron chi connectivity index (χ3n) is 5.71. The highest BCUT2D eigenvalue weighted by Crippen LogP contribution is 2.41. The average molecular weight is 506 g/mol. The number of carbonyl (C=O) groups excluding carboxylic acids is 3. The van der Waals surface area contributed by atoms with Crippen molar-refractivity contribution < 1.29 is 38.4 Å². The van der Waals surface area contributed by atoms with Gasteiger partial charge in [-0.15, -0.1) is 0 Å². The van der Waals surface area contributed by atoms with Gasteiger partial charge in [-0.2, -0.15) is 0 Å². The zero-order valence-electron chi connectivity index (χ0n) is 21.2. The van der Waals surface area contributed by atoms with E-state index in [9.17, 15) is 19.5 Å². The first-order chi connectivity index (χ1) is 17.1. The van der Waals surface area contributed by atoms with Crippen LogP contribution >= 0.6 is 0 Å². The summed E-state index contributed by atoms with van der Waals surface area (Å²) in [5.74, 6) is 0.267. The molecule has 11 nitrogen and oxygen atoms in total. The van der Waals surface area contributed by atoms with E-state index in [-0.39, 0.29) is 36.1 Å². The number of methoxy groups -OCH3 is 1. The molecule has 1 aromatic carbocycles. The molecule has 36 heavy (non-hydrogen) atoms. The molecule has 3 rings (SSSR count). The molecule has 0 saturated carbocycles. The van der Waals surface area contributed by atoms with Crippen molar-refractivity contribution in [2.75, 3.05) is 38.3 Å². The Morgan fingerprint density at radius 2 is 2.03 bits per heavy atom. The number of hydrogen-bond acceptors (Lipinski definition) is 8. The lowest BCUT2D eigenvalue weighted by atomic mass is 10.1. The zero-order valence-corrected chi connectivity index (χ0v) is 21.2. The molecular weight excluding hydrogens is 470 g/mol. The van der Waals surface area contributed by atoms with Crippen LogP contribution in [0.3, 0.4) is 0 Å². The van der Waals surface area contributed by atoms with Crippen molar-refractivity contribution in [2.45, 2.75) is 57.9 Å². The van der Waals surface area contributed by atoms with E-state index in [1.807, 2.05) is 0 Å². The van der Waals surface area contributed by atoms with Crippen LogP contribution < -0.4 is 19.7 Å². The molecule has 1 saturated heterocycles. The van der Waals surface area contributed by atoms with Crippen molar-refractivity contribution in [3.8, 4) is 11.5 Å². The summed E-state index contributed by atoms with van der Waals surface area (Å²) in [7, 11) is 1.45. The first kappa shape index (κ1) is 27.1. The summed E-state index contributed by atoms with van der Waals surface area (Å²) in [6.45, 7) is 9.83. The molecule has 2 N–H and O–H groups in total. The monoisotopic (exact) mass is 505 g/mol. The van der Waals surface area contributed by atoms with Crippen molar-refractivity contribution in [1.29, 1.82) is 0 Å². The van der Waals surface area contributed by atoms with E-state index in [2.05, 4.69) is 11.9 Å². The van der Waals surface area contributed by atoms with Crippen LogP contribution in [0.2, 0.25) is 0 Å². The Balaban J connectivity index is 1.82. The molecule has 0 bridgehead atoms. The van der Waals surface area contributed by atoms with Crippen LogP contribution in [0.15, 0.2) is 24.8 Å². The SMILES string of the molecule is C=CCOC(=O)N1c2cc(OCCCNC(=O)OC(C)(C)C)c(OC)cc2C(=O)N2CCC[C@H]2[C@@H]1O. The fourth-order valence-corrected chi connectivity index (χ4v) is 4.18. The molecule has 2 aliphatic rings. The van der Waals surface area contributed by atoms with E-state index in [4.69, 9.17) is 18.9 Å². The maximum absolute atomic E-state index is 13.4. The Kier molecular flexibility index (Phi) is 8.67. The number of nitrogens with zero attached hydrogens (tertiary/aromatic N) is 2. The van der Waals surface area contributed by atoms with Gasteiger partial charge < -0.3 is 34.3 Å². The molecule has 0 aromatic heterocycles. The van der Waals surface area contributed by atoms with E-state index in [0.29, 0.717) is 38.1 Å². The summed E-state index contributed by atoms with van der Waals surface area (Å²) in [5, 5.41) is 13.8. The molecular formula is C25H35N3O8. The first-order valence-electron chi connectivity index (χ1n) is 11.9. The van der Waals surface area contributed by atoms with Crippen LogP contribution in [0.25, 0.3) is 0 Å². The smallest absolute Gasteiger partial charge is 0.416 e. The molecule has 0 spiro atoms. The minimum atomic E-state index is -1.30. The Morgan fingerprint density at radius 3 is 2.69 bits per heavy atom. The van der Waals surface area contributed by atoms with Gasteiger partial charge in [-0.1, -0.05) is 12.7 Å². The lowest BCUT2D eigenvalue weighted by Crippen LogP contribution is -2.50. The molecule has 11 heteroatoms. The van der Waals surface area contributed by atoms with Gasteiger partial charge in [-0.3, -0.25) is 4.79 Å². The summed E-state index contributed by atoms with van der Waals surface area (Å²) < 4.78 is 21.7.